The van der Waals surface area contributed by atoms with E-state index in [0.717, 1.165) is 12.2 Å². The van der Waals surface area contributed by atoms with E-state index in [-0.39, 0.29) is 5.75 Å². The first-order chi connectivity index (χ1) is 12.5. The van der Waals surface area contributed by atoms with Gasteiger partial charge in [0.1, 0.15) is 12.4 Å². The van der Waals surface area contributed by atoms with Crippen LogP contribution >= 0.6 is 0 Å². The minimum atomic E-state index is -3.85. The predicted molar refractivity (Wildman–Crippen MR) is 105 cm³/mol. The quantitative estimate of drug-likeness (QED) is 0.331. The van der Waals surface area contributed by atoms with E-state index < -0.39 is 10.1 Å². The lowest BCUT2D eigenvalue weighted by atomic mass is 10.0. The van der Waals surface area contributed by atoms with Crippen LogP contribution in [0.3, 0.4) is 0 Å². The van der Waals surface area contributed by atoms with Crippen molar-refractivity contribution >= 4 is 10.1 Å². The maximum Gasteiger partial charge on any atom is 0.264 e. The second-order valence-electron chi connectivity index (χ2n) is 6.62. The Bertz CT molecular complexity index is 554. The molecule has 6 heteroatoms. The lowest BCUT2D eigenvalue weighted by Gasteiger charge is -2.08. The monoisotopic (exact) mass is 386 g/mol. The Balaban J connectivity index is 2.02. The van der Waals surface area contributed by atoms with Gasteiger partial charge in [0, 0.05) is 6.61 Å². The van der Waals surface area contributed by atoms with Crippen LogP contribution in [0.5, 0.6) is 5.75 Å². The zero-order chi connectivity index (χ0) is 19.1. The second-order valence-corrected chi connectivity index (χ2v) is 8.19. The molecule has 0 aromatic heterocycles. The molecule has 0 atom stereocenters. The first-order valence-electron chi connectivity index (χ1n) is 9.76. The fourth-order valence-corrected chi connectivity index (χ4v) is 3.24. The van der Waals surface area contributed by atoms with E-state index in [1.807, 2.05) is 12.1 Å². The average molecular weight is 387 g/mol. The van der Waals surface area contributed by atoms with Gasteiger partial charge in [-0.1, -0.05) is 51.2 Å². The van der Waals surface area contributed by atoms with Crippen LogP contribution in [-0.4, -0.2) is 38.5 Å². The lowest BCUT2D eigenvalue weighted by Crippen LogP contribution is -2.09. The summed E-state index contributed by atoms with van der Waals surface area (Å²) >= 11 is 0. The van der Waals surface area contributed by atoms with Crippen LogP contribution in [0.25, 0.3) is 0 Å². The summed E-state index contributed by atoms with van der Waals surface area (Å²) in [7, 11) is -3.85. The molecule has 0 spiro atoms. The fraction of sp³-hybridized carbons (Fsp3) is 0.700. The van der Waals surface area contributed by atoms with Crippen LogP contribution in [-0.2, 0) is 21.3 Å². The predicted octanol–water partition coefficient (Wildman–Crippen LogP) is 4.65. The molecule has 150 valence electrons. The van der Waals surface area contributed by atoms with Gasteiger partial charge in [0.2, 0.25) is 0 Å². The Morgan fingerprint density at radius 3 is 2.23 bits per heavy atom. The molecular weight excluding hydrogens is 352 g/mol. The van der Waals surface area contributed by atoms with Crippen LogP contribution in [0.2, 0.25) is 0 Å². The maximum atomic E-state index is 10.6. The lowest BCUT2D eigenvalue weighted by molar-refractivity contribution is 0.0981. The van der Waals surface area contributed by atoms with Crippen LogP contribution in [0, 0.1) is 0 Å². The standard InChI is InChI=1S/C20H34O5S/c1-2-3-4-5-6-7-10-19-11-13-20(14-12-19)25-17-16-24-15-8-9-18-26(21,22)23/h11-14H,2-10,15-18H2,1H3,(H,21,22,23). The van der Waals surface area contributed by atoms with Gasteiger partial charge in [0.05, 0.1) is 12.4 Å². The summed E-state index contributed by atoms with van der Waals surface area (Å²) in [5.74, 6) is 0.629. The second kappa shape index (κ2) is 14.0. The topological polar surface area (TPSA) is 72.8 Å². The molecule has 0 radical (unpaired) electrons. The van der Waals surface area contributed by atoms with E-state index in [2.05, 4.69) is 19.1 Å². The van der Waals surface area contributed by atoms with Crippen LogP contribution in [0.15, 0.2) is 24.3 Å². The van der Waals surface area contributed by atoms with Gasteiger partial charge in [-0.3, -0.25) is 4.55 Å². The molecule has 1 aromatic rings. The summed E-state index contributed by atoms with van der Waals surface area (Å²) in [6, 6.07) is 8.24. The molecule has 0 aliphatic heterocycles. The Kier molecular flexibility index (Phi) is 12.4. The van der Waals surface area contributed by atoms with Gasteiger partial charge in [-0.05, 0) is 43.4 Å². The molecule has 0 saturated heterocycles. The van der Waals surface area contributed by atoms with E-state index in [0.29, 0.717) is 32.7 Å². The van der Waals surface area contributed by atoms with Gasteiger partial charge in [0.15, 0.2) is 0 Å². The number of aryl methyl sites for hydroxylation is 1. The summed E-state index contributed by atoms with van der Waals surface area (Å²) in [6.07, 6.45) is 10.0. The molecule has 0 bridgehead atoms. The highest BCUT2D eigenvalue weighted by Crippen LogP contribution is 2.15. The van der Waals surface area contributed by atoms with Crippen molar-refractivity contribution in [2.45, 2.75) is 64.7 Å². The van der Waals surface area contributed by atoms with Crippen LogP contribution < -0.4 is 4.74 Å². The van der Waals surface area contributed by atoms with Crippen molar-refractivity contribution in [1.29, 1.82) is 0 Å². The van der Waals surface area contributed by atoms with Crippen molar-refractivity contribution in [3.05, 3.63) is 29.8 Å². The van der Waals surface area contributed by atoms with E-state index in [9.17, 15) is 8.42 Å². The highest BCUT2D eigenvalue weighted by atomic mass is 32.2. The molecule has 0 aliphatic carbocycles. The summed E-state index contributed by atoms with van der Waals surface area (Å²) in [5, 5.41) is 0. The third kappa shape index (κ3) is 13.1. The number of benzene rings is 1. The minimum Gasteiger partial charge on any atom is -0.491 e. The molecule has 1 N–H and O–H groups in total. The summed E-state index contributed by atoms with van der Waals surface area (Å²) in [4.78, 5) is 0. The van der Waals surface area contributed by atoms with Crippen LogP contribution in [0.1, 0.15) is 63.9 Å². The fourth-order valence-electron chi connectivity index (χ4n) is 2.67. The van der Waals surface area contributed by atoms with E-state index in [4.69, 9.17) is 14.0 Å². The zero-order valence-electron chi connectivity index (χ0n) is 16.0. The normalized spacial score (nSPS) is 11.6. The molecule has 5 nitrogen and oxygen atoms in total. The van der Waals surface area contributed by atoms with Gasteiger partial charge in [-0.15, -0.1) is 0 Å². The Morgan fingerprint density at radius 1 is 0.846 bits per heavy atom. The molecular formula is C20H34O5S. The highest BCUT2D eigenvalue weighted by molar-refractivity contribution is 7.85. The Labute approximate surface area is 158 Å². The zero-order valence-corrected chi connectivity index (χ0v) is 16.8. The Morgan fingerprint density at radius 2 is 1.54 bits per heavy atom. The number of unbranched alkanes of at least 4 members (excludes halogenated alkanes) is 6. The number of rotatable bonds is 16. The smallest absolute Gasteiger partial charge is 0.264 e. The third-order valence-electron chi connectivity index (χ3n) is 4.18. The summed E-state index contributed by atoms with van der Waals surface area (Å²) in [5.41, 5.74) is 1.35. The van der Waals surface area contributed by atoms with E-state index >= 15 is 0 Å². The summed E-state index contributed by atoms with van der Waals surface area (Å²) in [6.45, 7) is 3.64. The molecule has 0 unspecified atom stereocenters. The molecule has 0 saturated carbocycles. The highest BCUT2D eigenvalue weighted by Gasteiger charge is 2.03. The first kappa shape index (κ1) is 22.9. The maximum absolute atomic E-state index is 10.6. The molecule has 1 rings (SSSR count). The van der Waals surface area contributed by atoms with Gasteiger partial charge >= 0.3 is 0 Å². The summed E-state index contributed by atoms with van der Waals surface area (Å²) < 4.78 is 40.7. The number of ether oxygens (including phenoxy) is 2. The molecule has 0 fully saturated rings. The molecule has 0 heterocycles. The number of hydrogen-bond acceptors (Lipinski definition) is 4. The molecule has 0 amide bonds. The van der Waals surface area contributed by atoms with E-state index in [1.54, 1.807) is 0 Å². The van der Waals surface area contributed by atoms with Crippen molar-refractivity contribution in [3.63, 3.8) is 0 Å². The largest absolute Gasteiger partial charge is 0.491 e. The van der Waals surface area contributed by atoms with Crippen LogP contribution in [0.4, 0.5) is 0 Å². The van der Waals surface area contributed by atoms with Gasteiger partial charge in [-0.25, -0.2) is 0 Å². The SMILES string of the molecule is CCCCCCCCc1ccc(OCCOCCCCS(=O)(=O)O)cc1. The minimum absolute atomic E-state index is 0.210. The molecule has 26 heavy (non-hydrogen) atoms. The molecule has 0 aliphatic rings. The Hall–Kier alpha value is -1.11. The van der Waals surface area contributed by atoms with Gasteiger partial charge in [-0.2, -0.15) is 8.42 Å². The number of hydrogen-bond donors (Lipinski definition) is 1. The molecule has 1 aromatic carbocycles. The third-order valence-corrected chi connectivity index (χ3v) is 4.98. The van der Waals surface area contributed by atoms with Crippen molar-refractivity contribution in [1.82, 2.24) is 0 Å². The van der Waals surface area contributed by atoms with E-state index in [1.165, 1.54) is 44.1 Å². The van der Waals surface area contributed by atoms with Crippen molar-refractivity contribution in [3.8, 4) is 5.75 Å². The van der Waals surface area contributed by atoms with Crippen molar-refractivity contribution in [2.75, 3.05) is 25.6 Å². The van der Waals surface area contributed by atoms with Crippen molar-refractivity contribution in [2.24, 2.45) is 0 Å². The van der Waals surface area contributed by atoms with Gasteiger partial charge in [0.25, 0.3) is 10.1 Å². The van der Waals surface area contributed by atoms with Crippen molar-refractivity contribution < 1.29 is 22.4 Å². The first-order valence-corrected chi connectivity index (χ1v) is 11.4. The average Bonchev–Trinajstić information content (AvgIpc) is 2.60. The van der Waals surface area contributed by atoms with Gasteiger partial charge < -0.3 is 9.47 Å².